The quantitative estimate of drug-likeness (QED) is 0.863. The van der Waals surface area contributed by atoms with E-state index in [-0.39, 0.29) is 17.9 Å². The molecule has 4 nitrogen and oxygen atoms in total. The van der Waals surface area contributed by atoms with Crippen LogP contribution in [0.25, 0.3) is 10.9 Å². The molecule has 0 saturated carbocycles. The number of aromatic nitrogens is 1. The maximum Gasteiger partial charge on any atom is 0.240 e. The maximum atomic E-state index is 12.0. The highest BCUT2D eigenvalue weighted by Gasteiger charge is 2.09. The van der Waals surface area contributed by atoms with Gasteiger partial charge in [-0.1, -0.05) is 12.1 Å². The van der Waals surface area contributed by atoms with Crippen LogP contribution in [0.15, 0.2) is 41.8 Å². The Morgan fingerprint density at radius 2 is 2.15 bits per heavy atom. The van der Waals surface area contributed by atoms with Crippen molar-refractivity contribution in [3.63, 3.8) is 0 Å². The molecule has 2 aromatic rings. The Hall–Kier alpha value is -2.36. The summed E-state index contributed by atoms with van der Waals surface area (Å²) in [6.07, 6.45) is 3.30. The van der Waals surface area contributed by atoms with Gasteiger partial charge in [-0.05, 0) is 31.0 Å². The predicted molar refractivity (Wildman–Crippen MR) is 80.9 cm³/mol. The average molecular weight is 270 g/mol. The first kappa shape index (κ1) is 14.1. The SMILES string of the molecule is C=CCNC(=O)Cn1ccc(=O)c2c(C)cc(C)cc21. The van der Waals surface area contributed by atoms with E-state index >= 15 is 0 Å². The highest BCUT2D eigenvalue weighted by molar-refractivity contribution is 5.85. The molecule has 4 heteroatoms. The number of pyridine rings is 1. The fourth-order valence-corrected chi connectivity index (χ4v) is 2.35. The van der Waals surface area contributed by atoms with E-state index in [0.29, 0.717) is 11.9 Å². The number of carbonyl (C=O) groups excluding carboxylic acids is 1. The predicted octanol–water partition coefficient (Wildman–Crippen LogP) is 1.92. The Labute approximate surface area is 117 Å². The van der Waals surface area contributed by atoms with Crippen LogP contribution >= 0.6 is 0 Å². The van der Waals surface area contributed by atoms with Crippen LogP contribution in [0.2, 0.25) is 0 Å². The molecule has 0 aliphatic carbocycles. The molecule has 0 saturated heterocycles. The average Bonchev–Trinajstić information content (AvgIpc) is 2.39. The number of fused-ring (bicyclic) bond motifs is 1. The van der Waals surface area contributed by atoms with Crippen molar-refractivity contribution in [3.8, 4) is 0 Å². The van der Waals surface area contributed by atoms with Gasteiger partial charge < -0.3 is 9.88 Å². The molecule has 1 aromatic heterocycles. The van der Waals surface area contributed by atoms with E-state index in [1.807, 2.05) is 26.0 Å². The van der Waals surface area contributed by atoms with E-state index in [1.165, 1.54) is 6.07 Å². The van der Waals surface area contributed by atoms with Gasteiger partial charge in [0.15, 0.2) is 5.43 Å². The molecule has 0 aliphatic heterocycles. The van der Waals surface area contributed by atoms with E-state index in [2.05, 4.69) is 11.9 Å². The molecule has 1 N–H and O–H groups in total. The molecule has 0 radical (unpaired) electrons. The zero-order chi connectivity index (χ0) is 14.7. The van der Waals surface area contributed by atoms with E-state index in [9.17, 15) is 9.59 Å². The first-order valence-electron chi connectivity index (χ1n) is 6.51. The van der Waals surface area contributed by atoms with Crippen LogP contribution in [0.5, 0.6) is 0 Å². The van der Waals surface area contributed by atoms with Gasteiger partial charge in [0, 0.05) is 24.2 Å². The largest absolute Gasteiger partial charge is 0.351 e. The van der Waals surface area contributed by atoms with Gasteiger partial charge in [0.2, 0.25) is 5.91 Å². The summed E-state index contributed by atoms with van der Waals surface area (Å²) in [5.41, 5.74) is 2.79. The van der Waals surface area contributed by atoms with E-state index < -0.39 is 0 Å². The van der Waals surface area contributed by atoms with Crippen LogP contribution in [-0.4, -0.2) is 17.0 Å². The van der Waals surface area contributed by atoms with Crippen molar-refractivity contribution in [1.82, 2.24) is 9.88 Å². The van der Waals surface area contributed by atoms with E-state index in [4.69, 9.17) is 0 Å². The molecule has 0 aliphatic rings. The number of nitrogens with zero attached hydrogens (tertiary/aromatic N) is 1. The van der Waals surface area contributed by atoms with Gasteiger partial charge in [-0.25, -0.2) is 0 Å². The summed E-state index contributed by atoms with van der Waals surface area (Å²) in [7, 11) is 0. The van der Waals surface area contributed by atoms with Crippen molar-refractivity contribution in [1.29, 1.82) is 0 Å². The first-order chi connectivity index (χ1) is 9.52. The standard InChI is InChI=1S/C16H18N2O2/c1-4-6-17-15(20)10-18-7-5-14(19)16-12(3)8-11(2)9-13(16)18/h4-5,7-9H,1,6,10H2,2-3H3,(H,17,20). The third kappa shape index (κ3) is 2.79. The highest BCUT2D eigenvalue weighted by atomic mass is 16.2. The van der Waals surface area contributed by atoms with Gasteiger partial charge in [-0.15, -0.1) is 6.58 Å². The van der Waals surface area contributed by atoms with Crippen molar-refractivity contribution in [2.45, 2.75) is 20.4 Å². The van der Waals surface area contributed by atoms with Crippen LogP contribution in [0, 0.1) is 13.8 Å². The Balaban J connectivity index is 2.49. The third-order valence-electron chi connectivity index (χ3n) is 3.18. The number of rotatable bonds is 4. The number of nitrogens with one attached hydrogen (secondary N) is 1. The van der Waals surface area contributed by atoms with Crippen LogP contribution < -0.4 is 10.7 Å². The zero-order valence-electron chi connectivity index (χ0n) is 11.8. The summed E-state index contributed by atoms with van der Waals surface area (Å²) < 4.78 is 1.80. The summed E-state index contributed by atoms with van der Waals surface area (Å²) in [5.74, 6) is -0.103. The van der Waals surface area contributed by atoms with Crippen LogP contribution in [-0.2, 0) is 11.3 Å². The smallest absolute Gasteiger partial charge is 0.240 e. The molecule has 1 heterocycles. The number of amides is 1. The number of aryl methyl sites for hydroxylation is 2. The second-order valence-electron chi connectivity index (χ2n) is 4.88. The molecule has 104 valence electrons. The van der Waals surface area contributed by atoms with Crippen molar-refractivity contribution >= 4 is 16.8 Å². The minimum absolute atomic E-state index is 0.0137. The lowest BCUT2D eigenvalue weighted by Crippen LogP contribution is -2.28. The second kappa shape index (κ2) is 5.74. The van der Waals surface area contributed by atoms with Gasteiger partial charge in [0.1, 0.15) is 6.54 Å². The number of carbonyl (C=O) groups is 1. The van der Waals surface area contributed by atoms with Crippen LogP contribution in [0.4, 0.5) is 0 Å². The summed E-state index contributed by atoms with van der Waals surface area (Å²) in [6, 6.07) is 5.42. The molecule has 1 amide bonds. The molecule has 2 rings (SSSR count). The minimum Gasteiger partial charge on any atom is -0.351 e. The lowest BCUT2D eigenvalue weighted by atomic mass is 10.1. The molecular weight excluding hydrogens is 252 g/mol. The van der Waals surface area contributed by atoms with Gasteiger partial charge in [0.25, 0.3) is 0 Å². The minimum atomic E-state index is -0.103. The molecular formula is C16H18N2O2. The topological polar surface area (TPSA) is 51.1 Å². The van der Waals surface area contributed by atoms with Gasteiger partial charge in [-0.2, -0.15) is 0 Å². The molecule has 0 bridgehead atoms. The van der Waals surface area contributed by atoms with E-state index in [1.54, 1.807) is 16.8 Å². The summed E-state index contributed by atoms with van der Waals surface area (Å²) in [4.78, 5) is 23.8. The monoisotopic (exact) mass is 270 g/mol. The summed E-state index contributed by atoms with van der Waals surface area (Å²) >= 11 is 0. The maximum absolute atomic E-state index is 12.0. The van der Waals surface area contributed by atoms with Gasteiger partial charge >= 0.3 is 0 Å². The summed E-state index contributed by atoms with van der Waals surface area (Å²) in [5, 5.41) is 3.41. The second-order valence-corrected chi connectivity index (χ2v) is 4.88. The lowest BCUT2D eigenvalue weighted by molar-refractivity contribution is -0.121. The van der Waals surface area contributed by atoms with Crippen molar-refractivity contribution < 1.29 is 4.79 Å². The molecule has 20 heavy (non-hydrogen) atoms. The molecule has 0 unspecified atom stereocenters. The zero-order valence-corrected chi connectivity index (χ0v) is 11.8. The van der Waals surface area contributed by atoms with E-state index in [0.717, 1.165) is 16.6 Å². The van der Waals surface area contributed by atoms with Crippen molar-refractivity contribution in [3.05, 3.63) is 58.4 Å². The number of hydrogen-bond donors (Lipinski definition) is 1. The molecule has 0 spiro atoms. The van der Waals surface area contributed by atoms with Crippen LogP contribution in [0.1, 0.15) is 11.1 Å². The Morgan fingerprint density at radius 3 is 2.85 bits per heavy atom. The molecule has 1 aromatic carbocycles. The van der Waals surface area contributed by atoms with Crippen molar-refractivity contribution in [2.24, 2.45) is 0 Å². The number of benzene rings is 1. The van der Waals surface area contributed by atoms with Crippen LogP contribution in [0.3, 0.4) is 0 Å². The first-order valence-corrected chi connectivity index (χ1v) is 6.51. The molecule has 0 fully saturated rings. The molecule has 0 atom stereocenters. The fraction of sp³-hybridized carbons (Fsp3) is 0.250. The summed E-state index contributed by atoms with van der Waals surface area (Å²) in [6.45, 7) is 8.08. The highest BCUT2D eigenvalue weighted by Crippen LogP contribution is 2.17. The Kier molecular flexibility index (Phi) is 4.03. The fourth-order valence-electron chi connectivity index (χ4n) is 2.35. The normalized spacial score (nSPS) is 10.5. The Bertz CT molecular complexity index is 729. The lowest BCUT2D eigenvalue weighted by Gasteiger charge is -2.12. The number of hydrogen-bond acceptors (Lipinski definition) is 2. The Morgan fingerprint density at radius 1 is 1.40 bits per heavy atom. The van der Waals surface area contributed by atoms with Crippen molar-refractivity contribution in [2.75, 3.05) is 6.54 Å². The van der Waals surface area contributed by atoms with Gasteiger partial charge in [0.05, 0.1) is 5.52 Å². The third-order valence-corrected chi connectivity index (χ3v) is 3.18. The van der Waals surface area contributed by atoms with Gasteiger partial charge in [-0.3, -0.25) is 9.59 Å².